The van der Waals surface area contributed by atoms with Crippen LogP contribution >= 0.6 is 24.0 Å². The predicted octanol–water partition coefficient (Wildman–Crippen LogP) is 2.92. The number of nitrogens with zero attached hydrogens (tertiary/aromatic N) is 2. The van der Waals surface area contributed by atoms with Gasteiger partial charge in [-0.3, -0.25) is 4.99 Å². The average Bonchev–Trinajstić information content (AvgIpc) is 2.91. The Morgan fingerprint density at radius 1 is 1.41 bits per heavy atom. The molecule has 2 atom stereocenters. The van der Waals surface area contributed by atoms with Crippen LogP contribution in [-0.4, -0.2) is 43.6 Å². The van der Waals surface area contributed by atoms with Gasteiger partial charge in [0, 0.05) is 26.6 Å². The Hall–Kier alpha value is -0.980. The van der Waals surface area contributed by atoms with Gasteiger partial charge in [0.15, 0.2) is 5.96 Å². The van der Waals surface area contributed by atoms with Crippen molar-refractivity contribution >= 4 is 29.9 Å². The van der Waals surface area contributed by atoms with Gasteiger partial charge in [-0.15, -0.1) is 24.0 Å². The first-order chi connectivity index (χ1) is 10.3. The zero-order chi connectivity index (χ0) is 14.7. The second-order valence-electron chi connectivity index (χ2n) is 6.17. The van der Waals surface area contributed by atoms with Crippen molar-refractivity contribution in [2.45, 2.75) is 32.3 Å². The summed E-state index contributed by atoms with van der Waals surface area (Å²) in [5.41, 5.74) is 1.31. The molecule has 0 saturated carbocycles. The molecule has 2 unspecified atom stereocenters. The summed E-state index contributed by atoms with van der Waals surface area (Å²) >= 11 is 0. The zero-order valence-electron chi connectivity index (χ0n) is 13.4. The molecule has 0 spiro atoms. The fourth-order valence-corrected chi connectivity index (χ4v) is 3.29. The molecule has 4 nitrogen and oxygen atoms in total. The fraction of sp³-hybridized carbons (Fsp3) is 0.588. The average molecular weight is 415 g/mol. The molecule has 122 valence electrons. The number of fused-ring (bicyclic) bond motifs is 1. The third-order valence-corrected chi connectivity index (χ3v) is 4.37. The Balaban J connectivity index is 0.00000176. The van der Waals surface area contributed by atoms with Crippen LogP contribution in [0.15, 0.2) is 29.3 Å². The van der Waals surface area contributed by atoms with Gasteiger partial charge in [-0.25, -0.2) is 0 Å². The maximum absolute atomic E-state index is 5.97. The molecule has 2 heterocycles. The van der Waals surface area contributed by atoms with Crippen LogP contribution in [0.2, 0.25) is 0 Å². The van der Waals surface area contributed by atoms with Gasteiger partial charge >= 0.3 is 0 Å². The molecule has 0 radical (unpaired) electrons. The third-order valence-electron chi connectivity index (χ3n) is 4.37. The maximum Gasteiger partial charge on any atom is 0.193 e. The zero-order valence-corrected chi connectivity index (χ0v) is 15.7. The number of aliphatic imine (C=N–C) groups is 1. The van der Waals surface area contributed by atoms with Crippen LogP contribution in [-0.2, 0) is 6.42 Å². The van der Waals surface area contributed by atoms with E-state index in [4.69, 9.17) is 4.74 Å². The summed E-state index contributed by atoms with van der Waals surface area (Å²) in [6.07, 6.45) is 3.78. The predicted molar refractivity (Wildman–Crippen MR) is 101 cm³/mol. The highest BCUT2D eigenvalue weighted by atomic mass is 127. The first-order valence-corrected chi connectivity index (χ1v) is 7.96. The molecule has 22 heavy (non-hydrogen) atoms. The normalized spacial score (nSPS) is 24.3. The smallest absolute Gasteiger partial charge is 0.193 e. The van der Waals surface area contributed by atoms with E-state index in [1.54, 1.807) is 0 Å². The summed E-state index contributed by atoms with van der Waals surface area (Å²) in [6, 6.07) is 8.31. The Morgan fingerprint density at radius 3 is 2.95 bits per heavy atom. The van der Waals surface area contributed by atoms with Crippen molar-refractivity contribution in [1.29, 1.82) is 0 Å². The van der Waals surface area contributed by atoms with E-state index in [0.29, 0.717) is 0 Å². The summed E-state index contributed by atoms with van der Waals surface area (Å²) in [4.78, 5) is 6.80. The standard InChI is InChI=1S/C17H25N3O.HI/c1-13-6-5-9-20(12-13)17(18-2)19-11-15-10-14-7-3-4-8-16(14)21-15;/h3-4,7-8,13,15H,5-6,9-12H2,1-2H3,(H,18,19);1H. The van der Waals surface area contributed by atoms with Crippen LogP contribution in [0.1, 0.15) is 25.3 Å². The molecular formula is C17H26IN3O. The third kappa shape index (κ3) is 4.06. The molecular weight excluding hydrogens is 389 g/mol. The number of nitrogens with one attached hydrogen (secondary N) is 1. The van der Waals surface area contributed by atoms with Gasteiger partial charge in [-0.2, -0.15) is 0 Å². The van der Waals surface area contributed by atoms with Crippen molar-refractivity contribution in [3.63, 3.8) is 0 Å². The van der Waals surface area contributed by atoms with Crippen molar-refractivity contribution in [3.05, 3.63) is 29.8 Å². The quantitative estimate of drug-likeness (QED) is 0.459. The van der Waals surface area contributed by atoms with E-state index >= 15 is 0 Å². The van der Waals surface area contributed by atoms with Crippen LogP contribution in [0.4, 0.5) is 0 Å². The molecule has 0 amide bonds. The van der Waals surface area contributed by atoms with E-state index in [-0.39, 0.29) is 30.1 Å². The molecule has 0 bridgehead atoms. The van der Waals surface area contributed by atoms with Gasteiger partial charge in [-0.05, 0) is 30.4 Å². The SMILES string of the molecule is CN=C(NCC1Cc2ccccc2O1)N1CCCC(C)C1.I. The Morgan fingerprint density at radius 2 is 2.23 bits per heavy atom. The number of benzene rings is 1. The van der Waals surface area contributed by atoms with Crippen LogP contribution in [0.25, 0.3) is 0 Å². The van der Waals surface area contributed by atoms with Crippen LogP contribution in [0, 0.1) is 5.92 Å². The van der Waals surface area contributed by atoms with Gasteiger partial charge in [0.25, 0.3) is 0 Å². The summed E-state index contributed by atoms with van der Waals surface area (Å²) in [5, 5.41) is 3.49. The van der Waals surface area contributed by atoms with Gasteiger partial charge in [0.2, 0.25) is 0 Å². The van der Waals surface area contributed by atoms with Gasteiger partial charge in [0.05, 0.1) is 6.54 Å². The Kier molecular flexibility index (Phi) is 6.35. The van der Waals surface area contributed by atoms with Crippen molar-refractivity contribution in [1.82, 2.24) is 10.2 Å². The van der Waals surface area contributed by atoms with E-state index in [9.17, 15) is 0 Å². The maximum atomic E-state index is 5.97. The number of ether oxygens (including phenoxy) is 1. The van der Waals surface area contributed by atoms with Gasteiger partial charge in [-0.1, -0.05) is 25.1 Å². The topological polar surface area (TPSA) is 36.9 Å². The molecule has 1 saturated heterocycles. The second-order valence-corrected chi connectivity index (χ2v) is 6.17. The summed E-state index contributed by atoms with van der Waals surface area (Å²) < 4.78 is 5.97. The number of hydrogen-bond acceptors (Lipinski definition) is 2. The molecule has 1 aromatic carbocycles. The molecule has 0 aliphatic carbocycles. The second kappa shape index (κ2) is 8.04. The lowest BCUT2D eigenvalue weighted by molar-refractivity contribution is 0.227. The van der Waals surface area contributed by atoms with Crippen molar-refractivity contribution in [2.24, 2.45) is 10.9 Å². The number of rotatable bonds is 2. The lowest BCUT2D eigenvalue weighted by atomic mass is 10.0. The molecule has 5 heteroatoms. The number of halogens is 1. The number of piperidine rings is 1. The van der Waals surface area contributed by atoms with Crippen LogP contribution < -0.4 is 10.1 Å². The van der Waals surface area contributed by atoms with E-state index in [0.717, 1.165) is 43.7 Å². The highest BCUT2D eigenvalue weighted by molar-refractivity contribution is 14.0. The molecule has 0 aromatic heterocycles. The van der Waals surface area contributed by atoms with Crippen molar-refractivity contribution in [3.8, 4) is 5.75 Å². The minimum absolute atomic E-state index is 0. The summed E-state index contributed by atoms with van der Waals surface area (Å²) in [6.45, 7) is 5.34. The minimum Gasteiger partial charge on any atom is -0.488 e. The molecule has 3 rings (SSSR count). The molecule has 1 fully saturated rings. The fourth-order valence-electron chi connectivity index (χ4n) is 3.29. The van der Waals surface area contributed by atoms with Crippen LogP contribution in [0.5, 0.6) is 5.75 Å². The minimum atomic E-state index is 0. The summed E-state index contributed by atoms with van der Waals surface area (Å²) in [5.74, 6) is 2.80. The highest BCUT2D eigenvalue weighted by Crippen LogP contribution is 2.27. The molecule has 1 N–H and O–H groups in total. The Bertz CT molecular complexity index is 495. The van der Waals surface area contributed by atoms with Gasteiger partial charge < -0.3 is 15.0 Å². The monoisotopic (exact) mass is 415 g/mol. The van der Waals surface area contributed by atoms with E-state index in [1.165, 1.54) is 18.4 Å². The molecule has 1 aromatic rings. The lowest BCUT2D eigenvalue weighted by Crippen LogP contribution is -2.48. The van der Waals surface area contributed by atoms with E-state index in [1.807, 2.05) is 13.1 Å². The van der Waals surface area contributed by atoms with E-state index < -0.39 is 0 Å². The lowest BCUT2D eigenvalue weighted by Gasteiger charge is -2.33. The summed E-state index contributed by atoms with van der Waals surface area (Å²) in [7, 11) is 1.87. The highest BCUT2D eigenvalue weighted by Gasteiger charge is 2.24. The largest absolute Gasteiger partial charge is 0.488 e. The number of hydrogen-bond donors (Lipinski definition) is 1. The molecule has 2 aliphatic rings. The molecule has 2 aliphatic heterocycles. The van der Waals surface area contributed by atoms with Crippen molar-refractivity contribution < 1.29 is 4.74 Å². The number of guanidine groups is 1. The van der Waals surface area contributed by atoms with Gasteiger partial charge in [0.1, 0.15) is 11.9 Å². The first kappa shape index (κ1) is 17.4. The number of para-hydroxylation sites is 1. The van der Waals surface area contributed by atoms with Crippen LogP contribution in [0.3, 0.4) is 0 Å². The van der Waals surface area contributed by atoms with Crippen molar-refractivity contribution in [2.75, 3.05) is 26.7 Å². The number of likely N-dealkylation sites (tertiary alicyclic amines) is 1. The Labute approximate surface area is 150 Å². The van der Waals surface area contributed by atoms with E-state index in [2.05, 4.69) is 40.3 Å². The first-order valence-electron chi connectivity index (χ1n) is 7.96.